The molecule has 0 fully saturated rings. The highest BCUT2D eigenvalue weighted by Crippen LogP contribution is 2.23. The maximum Gasteiger partial charge on any atom is 0.321 e. The molecule has 1 aromatic carbocycles. The molecule has 0 saturated carbocycles. The molecule has 2 rings (SSSR count). The average Bonchev–Trinajstić information content (AvgIpc) is 2.35. The standard InChI is InChI=1S/C13H16N2O3/c14-12(16)5-6-15-8-10-4-2-1-3-9(10)7-11(15)13(17)18/h1-4,11H,5-8H2,(H2,14,16)(H,17,18)/t11-/m0/s1. The molecule has 0 bridgehead atoms. The molecular weight excluding hydrogens is 232 g/mol. The normalized spacial score (nSPS) is 19.2. The molecule has 0 spiro atoms. The van der Waals surface area contributed by atoms with Gasteiger partial charge in [-0.1, -0.05) is 24.3 Å². The summed E-state index contributed by atoms with van der Waals surface area (Å²) in [6.07, 6.45) is 0.663. The van der Waals surface area contributed by atoms with Crippen LogP contribution in [0.1, 0.15) is 17.5 Å². The summed E-state index contributed by atoms with van der Waals surface area (Å²) in [4.78, 5) is 23.9. The van der Waals surface area contributed by atoms with Crippen molar-refractivity contribution >= 4 is 11.9 Å². The number of aliphatic carboxylic acids is 1. The lowest BCUT2D eigenvalue weighted by molar-refractivity contribution is -0.144. The molecule has 0 aromatic heterocycles. The number of benzene rings is 1. The van der Waals surface area contributed by atoms with Gasteiger partial charge in [-0.15, -0.1) is 0 Å². The van der Waals surface area contributed by atoms with E-state index >= 15 is 0 Å². The number of amides is 1. The van der Waals surface area contributed by atoms with Crippen LogP contribution < -0.4 is 5.73 Å². The Morgan fingerprint density at radius 1 is 1.33 bits per heavy atom. The van der Waals surface area contributed by atoms with Crippen LogP contribution in [0.5, 0.6) is 0 Å². The Kier molecular flexibility index (Phi) is 3.62. The smallest absolute Gasteiger partial charge is 0.321 e. The largest absolute Gasteiger partial charge is 0.480 e. The predicted molar refractivity (Wildman–Crippen MR) is 65.8 cm³/mol. The molecular formula is C13H16N2O3. The number of fused-ring (bicyclic) bond motifs is 1. The molecule has 5 nitrogen and oxygen atoms in total. The number of primary amides is 1. The van der Waals surface area contributed by atoms with E-state index in [4.69, 9.17) is 5.73 Å². The van der Waals surface area contributed by atoms with Crippen molar-refractivity contribution in [1.82, 2.24) is 4.90 Å². The topological polar surface area (TPSA) is 83.6 Å². The second-order valence-corrected chi connectivity index (χ2v) is 4.51. The predicted octanol–water partition coefficient (Wildman–Crippen LogP) is 0.373. The van der Waals surface area contributed by atoms with Gasteiger partial charge in [-0.25, -0.2) is 0 Å². The van der Waals surface area contributed by atoms with Crippen LogP contribution in [0.25, 0.3) is 0 Å². The summed E-state index contributed by atoms with van der Waals surface area (Å²) >= 11 is 0. The molecule has 1 aliphatic rings. The van der Waals surface area contributed by atoms with Crippen LogP contribution in [0.2, 0.25) is 0 Å². The van der Waals surface area contributed by atoms with Gasteiger partial charge in [-0.2, -0.15) is 0 Å². The van der Waals surface area contributed by atoms with Crippen LogP contribution in [-0.2, 0) is 22.6 Å². The monoisotopic (exact) mass is 248 g/mol. The van der Waals surface area contributed by atoms with E-state index in [1.165, 1.54) is 0 Å². The summed E-state index contributed by atoms with van der Waals surface area (Å²) in [5.74, 6) is -1.26. The van der Waals surface area contributed by atoms with E-state index < -0.39 is 17.9 Å². The van der Waals surface area contributed by atoms with Crippen LogP contribution in [0, 0.1) is 0 Å². The molecule has 1 aromatic rings. The maximum atomic E-state index is 11.3. The highest BCUT2D eigenvalue weighted by Gasteiger charge is 2.30. The van der Waals surface area contributed by atoms with E-state index in [1.54, 1.807) is 4.90 Å². The molecule has 1 heterocycles. The molecule has 96 valence electrons. The molecule has 1 aliphatic heterocycles. The van der Waals surface area contributed by atoms with Crippen LogP contribution in [0.3, 0.4) is 0 Å². The van der Waals surface area contributed by atoms with Crippen molar-refractivity contribution in [3.63, 3.8) is 0 Å². The summed E-state index contributed by atoms with van der Waals surface area (Å²) in [5, 5.41) is 9.24. The SMILES string of the molecule is NC(=O)CCN1Cc2ccccc2C[C@H]1C(=O)O. The van der Waals surface area contributed by atoms with Crippen molar-refractivity contribution in [3.05, 3.63) is 35.4 Å². The first-order chi connectivity index (χ1) is 8.58. The average molecular weight is 248 g/mol. The zero-order chi connectivity index (χ0) is 13.1. The van der Waals surface area contributed by atoms with E-state index in [0.29, 0.717) is 19.5 Å². The number of carboxylic acid groups (broad SMARTS) is 1. The summed E-state index contributed by atoms with van der Waals surface area (Å²) in [5.41, 5.74) is 7.31. The first-order valence-electron chi connectivity index (χ1n) is 5.90. The number of nitrogens with zero attached hydrogens (tertiary/aromatic N) is 1. The molecule has 0 aliphatic carbocycles. The minimum Gasteiger partial charge on any atom is -0.480 e. The van der Waals surface area contributed by atoms with Crippen LogP contribution >= 0.6 is 0 Å². The lowest BCUT2D eigenvalue weighted by atomic mass is 9.94. The number of carbonyl (C=O) groups is 2. The Labute approximate surface area is 105 Å². The molecule has 1 amide bonds. The van der Waals surface area contributed by atoms with Crippen LogP contribution in [-0.4, -0.2) is 34.5 Å². The molecule has 5 heteroatoms. The van der Waals surface area contributed by atoms with E-state index in [1.807, 2.05) is 24.3 Å². The molecule has 3 N–H and O–H groups in total. The van der Waals surface area contributed by atoms with Gasteiger partial charge in [0.05, 0.1) is 0 Å². The van der Waals surface area contributed by atoms with Crippen molar-refractivity contribution in [2.24, 2.45) is 5.73 Å². The summed E-state index contributed by atoms with van der Waals surface area (Å²) < 4.78 is 0. The van der Waals surface area contributed by atoms with Gasteiger partial charge < -0.3 is 10.8 Å². The van der Waals surface area contributed by atoms with E-state index in [-0.39, 0.29) is 6.42 Å². The quantitative estimate of drug-likeness (QED) is 0.806. The Hall–Kier alpha value is -1.88. The third-order valence-corrected chi connectivity index (χ3v) is 3.28. The summed E-state index contributed by atoms with van der Waals surface area (Å²) in [6.45, 7) is 0.945. The summed E-state index contributed by atoms with van der Waals surface area (Å²) in [6, 6.07) is 7.23. The number of hydrogen-bond donors (Lipinski definition) is 2. The number of nitrogens with two attached hydrogens (primary N) is 1. The number of carboxylic acids is 1. The Morgan fingerprint density at radius 3 is 2.61 bits per heavy atom. The van der Waals surface area contributed by atoms with Gasteiger partial charge >= 0.3 is 5.97 Å². The van der Waals surface area contributed by atoms with Gasteiger partial charge in [-0.05, 0) is 17.5 Å². The van der Waals surface area contributed by atoms with E-state index in [9.17, 15) is 14.7 Å². The van der Waals surface area contributed by atoms with Gasteiger partial charge in [0.25, 0.3) is 0 Å². The lowest BCUT2D eigenvalue weighted by Gasteiger charge is -2.34. The molecule has 0 unspecified atom stereocenters. The van der Waals surface area contributed by atoms with Crippen LogP contribution in [0.4, 0.5) is 0 Å². The maximum absolute atomic E-state index is 11.3. The van der Waals surface area contributed by atoms with Gasteiger partial charge in [0, 0.05) is 19.5 Å². The minimum atomic E-state index is -0.853. The first kappa shape index (κ1) is 12.6. The van der Waals surface area contributed by atoms with E-state index in [2.05, 4.69) is 0 Å². The highest BCUT2D eigenvalue weighted by molar-refractivity contribution is 5.75. The number of rotatable bonds is 4. The highest BCUT2D eigenvalue weighted by atomic mass is 16.4. The number of hydrogen-bond acceptors (Lipinski definition) is 3. The first-order valence-corrected chi connectivity index (χ1v) is 5.90. The summed E-state index contributed by atoms with van der Waals surface area (Å²) in [7, 11) is 0. The molecule has 0 saturated heterocycles. The van der Waals surface area contributed by atoms with Gasteiger partial charge in [0.1, 0.15) is 6.04 Å². The second kappa shape index (κ2) is 5.18. The fourth-order valence-corrected chi connectivity index (χ4v) is 2.31. The van der Waals surface area contributed by atoms with Crippen LogP contribution in [0.15, 0.2) is 24.3 Å². The third-order valence-electron chi connectivity index (χ3n) is 3.28. The zero-order valence-electron chi connectivity index (χ0n) is 10.0. The zero-order valence-corrected chi connectivity index (χ0v) is 10.0. The Morgan fingerprint density at radius 2 is 2.00 bits per heavy atom. The van der Waals surface area contributed by atoms with Crippen molar-refractivity contribution in [2.75, 3.05) is 6.54 Å². The molecule has 18 heavy (non-hydrogen) atoms. The van der Waals surface area contributed by atoms with Gasteiger partial charge in [-0.3, -0.25) is 14.5 Å². The fraction of sp³-hybridized carbons (Fsp3) is 0.385. The second-order valence-electron chi connectivity index (χ2n) is 4.51. The third kappa shape index (κ3) is 2.68. The molecule has 1 atom stereocenters. The Balaban J connectivity index is 2.17. The number of carbonyl (C=O) groups excluding carboxylic acids is 1. The van der Waals surface area contributed by atoms with E-state index in [0.717, 1.165) is 11.1 Å². The van der Waals surface area contributed by atoms with Gasteiger partial charge in [0.2, 0.25) is 5.91 Å². The van der Waals surface area contributed by atoms with Gasteiger partial charge in [0.15, 0.2) is 0 Å². The minimum absolute atomic E-state index is 0.186. The fourth-order valence-electron chi connectivity index (χ4n) is 2.31. The van der Waals surface area contributed by atoms with Crippen molar-refractivity contribution < 1.29 is 14.7 Å². The molecule has 0 radical (unpaired) electrons. The van der Waals surface area contributed by atoms with Crippen molar-refractivity contribution in [3.8, 4) is 0 Å². The lowest BCUT2D eigenvalue weighted by Crippen LogP contribution is -2.46. The van der Waals surface area contributed by atoms with Crippen molar-refractivity contribution in [1.29, 1.82) is 0 Å². The van der Waals surface area contributed by atoms with Crippen molar-refractivity contribution in [2.45, 2.75) is 25.4 Å². The Bertz CT molecular complexity index is 473.